The number of benzene rings is 1. The molecular formula is C14H18O4. The normalized spacial score (nSPS) is 24.8. The van der Waals surface area contributed by atoms with E-state index in [9.17, 15) is 9.90 Å². The van der Waals surface area contributed by atoms with Gasteiger partial charge in [0.15, 0.2) is 0 Å². The molecule has 0 spiro atoms. The van der Waals surface area contributed by atoms with Crippen molar-refractivity contribution < 1.29 is 19.4 Å². The van der Waals surface area contributed by atoms with Crippen LogP contribution in [0.15, 0.2) is 30.3 Å². The van der Waals surface area contributed by atoms with E-state index in [4.69, 9.17) is 9.47 Å². The molecule has 4 heteroatoms. The molecule has 2 rings (SSSR count). The number of rotatable bonds is 4. The summed E-state index contributed by atoms with van der Waals surface area (Å²) in [5, 5.41) is 10.0. The molecule has 2 atom stereocenters. The van der Waals surface area contributed by atoms with Gasteiger partial charge in [-0.3, -0.25) is 0 Å². The van der Waals surface area contributed by atoms with Crippen LogP contribution in [0.3, 0.4) is 0 Å². The fraction of sp³-hybridized carbons (Fsp3) is 0.500. The van der Waals surface area contributed by atoms with Gasteiger partial charge in [-0.15, -0.1) is 0 Å². The molecule has 0 unspecified atom stereocenters. The van der Waals surface area contributed by atoms with Crippen molar-refractivity contribution in [2.45, 2.75) is 19.4 Å². The van der Waals surface area contributed by atoms with E-state index in [1.165, 1.54) is 0 Å². The fourth-order valence-corrected chi connectivity index (χ4v) is 1.96. The van der Waals surface area contributed by atoms with Gasteiger partial charge in [-0.05, 0) is 18.6 Å². The molecule has 1 aliphatic heterocycles. The molecule has 0 saturated carbocycles. The van der Waals surface area contributed by atoms with Crippen molar-refractivity contribution in [1.82, 2.24) is 0 Å². The first-order chi connectivity index (χ1) is 8.62. The van der Waals surface area contributed by atoms with E-state index in [0.29, 0.717) is 18.8 Å². The Kier molecular flexibility index (Phi) is 3.99. The minimum Gasteiger partial charge on any atom is -0.459 e. The van der Waals surface area contributed by atoms with Gasteiger partial charge in [0, 0.05) is 12.0 Å². The van der Waals surface area contributed by atoms with Crippen LogP contribution in [0, 0.1) is 5.41 Å². The largest absolute Gasteiger partial charge is 0.459 e. The Morgan fingerprint density at radius 1 is 1.50 bits per heavy atom. The Balaban J connectivity index is 1.86. The van der Waals surface area contributed by atoms with Gasteiger partial charge in [-0.25, -0.2) is 4.79 Å². The average Bonchev–Trinajstić information content (AvgIpc) is 2.85. The number of carbonyl (C=O) groups excluding carboxylic acids is 1. The predicted molar refractivity (Wildman–Crippen MR) is 66.3 cm³/mol. The molecule has 0 aliphatic carbocycles. The second-order valence-electron chi connectivity index (χ2n) is 4.94. The number of hydrogen-bond acceptors (Lipinski definition) is 4. The van der Waals surface area contributed by atoms with Crippen LogP contribution >= 0.6 is 0 Å². The van der Waals surface area contributed by atoms with Crippen LogP contribution < -0.4 is 0 Å². The van der Waals surface area contributed by atoms with Gasteiger partial charge >= 0.3 is 5.97 Å². The summed E-state index contributed by atoms with van der Waals surface area (Å²) in [7, 11) is 0. The average molecular weight is 250 g/mol. The van der Waals surface area contributed by atoms with E-state index in [2.05, 4.69) is 0 Å². The molecule has 1 saturated heterocycles. The molecule has 1 aliphatic rings. The van der Waals surface area contributed by atoms with Crippen LogP contribution in [0.1, 0.15) is 23.7 Å². The second-order valence-corrected chi connectivity index (χ2v) is 4.94. The van der Waals surface area contributed by atoms with Crippen LogP contribution in [-0.2, 0) is 9.47 Å². The highest BCUT2D eigenvalue weighted by atomic mass is 16.5. The fourth-order valence-electron chi connectivity index (χ4n) is 1.96. The van der Waals surface area contributed by atoms with Crippen LogP contribution in [0.25, 0.3) is 0 Å². The summed E-state index contributed by atoms with van der Waals surface area (Å²) in [6.07, 6.45) is 0.101. The molecular weight excluding hydrogens is 232 g/mol. The minimum atomic E-state index is -0.687. The number of hydrogen-bond donors (Lipinski definition) is 1. The van der Waals surface area contributed by atoms with Crippen molar-refractivity contribution >= 4 is 5.97 Å². The summed E-state index contributed by atoms with van der Waals surface area (Å²) in [5.41, 5.74) is 0.189. The van der Waals surface area contributed by atoms with Gasteiger partial charge in [0.1, 0.15) is 6.61 Å². The third-order valence-corrected chi connectivity index (χ3v) is 3.44. The van der Waals surface area contributed by atoms with Crippen LogP contribution in [0.5, 0.6) is 0 Å². The SMILES string of the molecule is C[C@@]1([C@@H](O)COC(=O)c2ccccc2)CCOC1. The summed E-state index contributed by atoms with van der Waals surface area (Å²) in [4.78, 5) is 11.7. The van der Waals surface area contributed by atoms with Crippen molar-refractivity contribution in [3.05, 3.63) is 35.9 Å². The first-order valence-corrected chi connectivity index (χ1v) is 6.10. The Morgan fingerprint density at radius 3 is 2.83 bits per heavy atom. The quantitative estimate of drug-likeness (QED) is 0.825. The van der Waals surface area contributed by atoms with E-state index in [0.717, 1.165) is 6.42 Å². The highest BCUT2D eigenvalue weighted by Gasteiger charge is 2.37. The van der Waals surface area contributed by atoms with E-state index in [-0.39, 0.29) is 12.0 Å². The lowest BCUT2D eigenvalue weighted by Gasteiger charge is -2.27. The van der Waals surface area contributed by atoms with Gasteiger partial charge in [-0.2, -0.15) is 0 Å². The van der Waals surface area contributed by atoms with E-state index < -0.39 is 12.1 Å². The Hall–Kier alpha value is -1.39. The molecule has 1 aromatic rings. The number of ether oxygens (including phenoxy) is 2. The smallest absolute Gasteiger partial charge is 0.338 e. The van der Waals surface area contributed by atoms with Crippen molar-refractivity contribution in [3.63, 3.8) is 0 Å². The maximum Gasteiger partial charge on any atom is 0.338 e. The molecule has 0 radical (unpaired) electrons. The van der Waals surface area contributed by atoms with E-state index in [1.807, 2.05) is 13.0 Å². The second kappa shape index (κ2) is 5.50. The monoisotopic (exact) mass is 250 g/mol. The van der Waals surface area contributed by atoms with Gasteiger partial charge in [-0.1, -0.05) is 25.1 Å². The van der Waals surface area contributed by atoms with E-state index in [1.54, 1.807) is 24.3 Å². The maximum atomic E-state index is 11.7. The molecule has 18 heavy (non-hydrogen) atoms. The van der Waals surface area contributed by atoms with Gasteiger partial charge in [0.2, 0.25) is 0 Å². The molecule has 0 bridgehead atoms. The van der Waals surface area contributed by atoms with Crippen LogP contribution in [-0.4, -0.2) is 37.0 Å². The molecule has 0 aromatic heterocycles. The summed E-state index contributed by atoms with van der Waals surface area (Å²) >= 11 is 0. The predicted octanol–water partition coefficient (Wildman–Crippen LogP) is 1.63. The van der Waals surface area contributed by atoms with Crippen LogP contribution in [0.2, 0.25) is 0 Å². The molecule has 1 fully saturated rings. The number of carbonyl (C=O) groups is 1. The molecule has 1 N–H and O–H groups in total. The summed E-state index contributed by atoms with van der Waals surface area (Å²) < 4.78 is 10.4. The summed E-state index contributed by atoms with van der Waals surface area (Å²) in [5.74, 6) is -0.405. The number of aliphatic hydroxyl groups excluding tert-OH is 1. The highest BCUT2D eigenvalue weighted by Crippen LogP contribution is 2.31. The molecule has 1 heterocycles. The Labute approximate surface area is 107 Å². The van der Waals surface area contributed by atoms with Crippen molar-refractivity contribution in [2.75, 3.05) is 19.8 Å². The van der Waals surface area contributed by atoms with Crippen molar-refractivity contribution in [2.24, 2.45) is 5.41 Å². The zero-order valence-corrected chi connectivity index (χ0v) is 10.5. The lowest BCUT2D eigenvalue weighted by molar-refractivity contribution is -0.0262. The van der Waals surface area contributed by atoms with Gasteiger partial charge in [0.05, 0.1) is 18.3 Å². The molecule has 98 valence electrons. The third-order valence-electron chi connectivity index (χ3n) is 3.44. The summed E-state index contributed by atoms with van der Waals surface area (Å²) in [6, 6.07) is 8.77. The zero-order chi connectivity index (χ0) is 13.0. The third kappa shape index (κ3) is 2.89. The summed E-state index contributed by atoms with van der Waals surface area (Å²) in [6.45, 7) is 3.12. The van der Waals surface area contributed by atoms with Crippen LogP contribution in [0.4, 0.5) is 0 Å². The first-order valence-electron chi connectivity index (χ1n) is 6.10. The lowest BCUT2D eigenvalue weighted by atomic mass is 9.84. The molecule has 0 amide bonds. The topological polar surface area (TPSA) is 55.8 Å². The number of aliphatic hydroxyl groups is 1. The first kappa shape index (κ1) is 13.1. The van der Waals surface area contributed by atoms with Gasteiger partial charge < -0.3 is 14.6 Å². The van der Waals surface area contributed by atoms with Crippen molar-refractivity contribution in [3.8, 4) is 0 Å². The highest BCUT2D eigenvalue weighted by molar-refractivity contribution is 5.89. The maximum absolute atomic E-state index is 11.7. The minimum absolute atomic E-state index is 0.00753. The standard InChI is InChI=1S/C14H18O4/c1-14(7-8-17-10-14)12(15)9-18-13(16)11-5-3-2-4-6-11/h2-6,12,15H,7-10H2,1H3/t12-,14+/m0/s1. The van der Waals surface area contributed by atoms with Gasteiger partial charge in [0.25, 0.3) is 0 Å². The number of esters is 1. The Bertz CT molecular complexity index is 396. The van der Waals surface area contributed by atoms with E-state index >= 15 is 0 Å². The molecule has 1 aromatic carbocycles. The zero-order valence-electron chi connectivity index (χ0n) is 10.5. The van der Waals surface area contributed by atoms with Crippen molar-refractivity contribution in [1.29, 1.82) is 0 Å². The Morgan fingerprint density at radius 2 is 2.22 bits per heavy atom. The molecule has 4 nitrogen and oxygen atoms in total. The lowest BCUT2D eigenvalue weighted by Crippen LogP contribution is -2.37.